The summed E-state index contributed by atoms with van der Waals surface area (Å²) in [6, 6.07) is 15.6. The first-order valence-electron chi connectivity index (χ1n) is 10.1. The number of amides is 1. The molecule has 1 aliphatic carbocycles. The lowest BCUT2D eigenvalue weighted by molar-refractivity contribution is 0.102. The molecule has 0 fully saturated rings. The molecule has 1 aromatic carbocycles. The molecule has 30 heavy (non-hydrogen) atoms. The maximum absolute atomic E-state index is 13.0. The molecule has 0 radical (unpaired) electrons. The average molecular weight is 398 g/mol. The highest BCUT2D eigenvalue weighted by Gasteiger charge is 2.27. The Morgan fingerprint density at radius 2 is 1.83 bits per heavy atom. The van der Waals surface area contributed by atoms with Crippen molar-refractivity contribution in [3.05, 3.63) is 83.1 Å². The van der Waals surface area contributed by atoms with Crippen molar-refractivity contribution < 1.29 is 4.79 Å². The summed E-state index contributed by atoms with van der Waals surface area (Å²) in [5, 5.41) is 12.0. The van der Waals surface area contributed by atoms with Gasteiger partial charge < -0.3 is 5.32 Å². The van der Waals surface area contributed by atoms with Crippen LogP contribution in [0.2, 0.25) is 0 Å². The van der Waals surface area contributed by atoms with Crippen molar-refractivity contribution in [3.8, 4) is 11.5 Å². The number of nitrogens with zero attached hydrogens (tertiary/aromatic N) is 5. The van der Waals surface area contributed by atoms with Crippen LogP contribution in [0.3, 0.4) is 0 Å². The maximum atomic E-state index is 13.0. The van der Waals surface area contributed by atoms with Crippen LogP contribution in [0.25, 0.3) is 11.5 Å². The lowest BCUT2D eigenvalue weighted by atomic mass is 10.2. The summed E-state index contributed by atoms with van der Waals surface area (Å²) < 4.78 is 3.69. The van der Waals surface area contributed by atoms with Crippen molar-refractivity contribution >= 4 is 11.6 Å². The average Bonchev–Trinajstić information content (AvgIpc) is 3.44. The summed E-state index contributed by atoms with van der Waals surface area (Å²) in [5.74, 6) is 0.511. The van der Waals surface area contributed by atoms with Crippen molar-refractivity contribution in [2.24, 2.45) is 0 Å². The zero-order valence-corrected chi connectivity index (χ0v) is 17.0. The van der Waals surface area contributed by atoms with E-state index in [0.717, 1.165) is 47.6 Å². The number of carbonyl (C=O) groups excluding carboxylic acids is 1. The summed E-state index contributed by atoms with van der Waals surface area (Å²) in [5.41, 5.74) is 6.23. The van der Waals surface area contributed by atoms with Crippen LogP contribution in [0.1, 0.15) is 39.6 Å². The van der Waals surface area contributed by atoms with Crippen LogP contribution in [-0.2, 0) is 12.8 Å². The van der Waals surface area contributed by atoms with Crippen LogP contribution in [0.4, 0.5) is 5.69 Å². The predicted octanol–water partition coefficient (Wildman–Crippen LogP) is 3.81. The second-order valence-electron chi connectivity index (χ2n) is 7.57. The molecule has 3 aromatic heterocycles. The van der Waals surface area contributed by atoms with Crippen molar-refractivity contribution in [1.29, 1.82) is 0 Å². The van der Waals surface area contributed by atoms with Gasteiger partial charge >= 0.3 is 0 Å². The van der Waals surface area contributed by atoms with E-state index >= 15 is 0 Å². The number of hydrogen-bond donors (Lipinski definition) is 1. The Bertz CT molecular complexity index is 1220. The van der Waals surface area contributed by atoms with Gasteiger partial charge in [-0.25, -0.2) is 14.3 Å². The van der Waals surface area contributed by atoms with Crippen molar-refractivity contribution in [2.75, 3.05) is 5.32 Å². The van der Waals surface area contributed by atoms with Crippen LogP contribution < -0.4 is 5.32 Å². The first-order valence-corrected chi connectivity index (χ1v) is 10.1. The highest BCUT2D eigenvalue weighted by atomic mass is 16.2. The van der Waals surface area contributed by atoms with Crippen molar-refractivity contribution in [2.45, 2.75) is 33.1 Å². The molecule has 0 saturated heterocycles. The van der Waals surface area contributed by atoms with Crippen LogP contribution in [0.15, 0.2) is 54.7 Å². The molecule has 1 N–H and O–H groups in total. The molecule has 0 saturated carbocycles. The van der Waals surface area contributed by atoms with Crippen LogP contribution in [-0.4, -0.2) is 30.5 Å². The van der Waals surface area contributed by atoms with Gasteiger partial charge in [-0.05, 0) is 63.4 Å². The molecule has 1 aliphatic rings. The minimum Gasteiger partial charge on any atom is -0.319 e. The standard InChI is InChI=1S/C23H22N6O/c1-15-13-16(2)28(26-15)21-12-11-17(14-24-21)25-23(30)22-19-9-6-10-20(19)29(27-22)18-7-4-3-5-8-18/h3-5,7-8,11-14H,6,9-10H2,1-2H3,(H,25,30). The SMILES string of the molecule is Cc1cc(C)n(-c2ccc(NC(=O)c3nn(-c4ccccc4)c4c3CCC4)cn2)n1. The van der Waals surface area contributed by atoms with Gasteiger partial charge in [0, 0.05) is 17.0 Å². The van der Waals surface area contributed by atoms with Gasteiger partial charge in [-0.2, -0.15) is 10.2 Å². The molecule has 7 heteroatoms. The summed E-state index contributed by atoms with van der Waals surface area (Å²) in [6.07, 6.45) is 4.50. The lowest BCUT2D eigenvalue weighted by Crippen LogP contribution is -2.15. The molecule has 0 atom stereocenters. The number of hydrogen-bond acceptors (Lipinski definition) is 4. The van der Waals surface area contributed by atoms with Gasteiger partial charge in [-0.1, -0.05) is 18.2 Å². The van der Waals surface area contributed by atoms with Gasteiger partial charge in [0.25, 0.3) is 5.91 Å². The maximum Gasteiger partial charge on any atom is 0.276 e. The molecule has 3 heterocycles. The van der Waals surface area contributed by atoms with Gasteiger partial charge in [0.1, 0.15) is 0 Å². The highest BCUT2D eigenvalue weighted by Crippen LogP contribution is 2.28. The second kappa shape index (κ2) is 7.26. The minimum absolute atomic E-state index is 0.205. The number of fused-ring (bicyclic) bond motifs is 1. The van der Waals surface area contributed by atoms with Crippen LogP contribution >= 0.6 is 0 Å². The summed E-state index contributed by atoms with van der Waals surface area (Å²) >= 11 is 0. The Kier molecular flexibility index (Phi) is 4.43. The second-order valence-corrected chi connectivity index (χ2v) is 7.57. The van der Waals surface area contributed by atoms with Crippen LogP contribution in [0, 0.1) is 13.8 Å². The summed E-state index contributed by atoms with van der Waals surface area (Å²) in [6.45, 7) is 3.94. The zero-order valence-electron chi connectivity index (χ0n) is 17.0. The first-order chi connectivity index (χ1) is 14.6. The number of nitrogens with one attached hydrogen (secondary N) is 1. The Morgan fingerprint density at radius 1 is 1.00 bits per heavy atom. The monoisotopic (exact) mass is 398 g/mol. The fourth-order valence-corrected chi connectivity index (χ4v) is 4.04. The third-order valence-electron chi connectivity index (χ3n) is 5.38. The number of carbonyl (C=O) groups is 1. The third-order valence-corrected chi connectivity index (χ3v) is 5.38. The van der Waals surface area contributed by atoms with E-state index in [0.29, 0.717) is 17.2 Å². The van der Waals surface area contributed by atoms with Gasteiger partial charge in [-0.15, -0.1) is 0 Å². The molecule has 0 spiro atoms. The number of anilines is 1. The van der Waals surface area contributed by atoms with Crippen molar-refractivity contribution in [1.82, 2.24) is 24.5 Å². The van der Waals surface area contributed by atoms with Gasteiger partial charge in [-0.3, -0.25) is 4.79 Å². The van der Waals surface area contributed by atoms with E-state index in [1.54, 1.807) is 10.9 Å². The summed E-state index contributed by atoms with van der Waals surface area (Å²) in [4.78, 5) is 17.5. The predicted molar refractivity (Wildman–Crippen MR) is 114 cm³/mol. The molecule has 150 valence electrons. The molecule has 4 aromatic rings. The van der Waals surface area contributed by atoms with E-state index in [4.69, 9.17) is 0 Å². The van der Waals surface area contributed by atoms with E-state index in [-0.39, 0.29) is 5.91 Å². The van der Waals surface area contributed by atoms with E-state index in [1.165, 1.54) is 0 Å². The van der Waals surface area contributed by atoms with Gasteiger partial charge in [0.2, 0.25) is 0 Å². The zero-order chi connectivity index (χ0) is 20.7. The Labute approximate surface area is 174 Å². The quantitative estimate of drug-likeness (QED) is 0.567. The molecule has 1 amide bonds. The Morgan fingerprint density at radius 3 is 2.53 bits per heavy atom. The van der Waals surface area contributed by atoms with E-state index in [9.17, 15) is 4.79 Å². The number of pyridine rings is 1. The highest BCUT2D eigenvalue weighted by molar-refractivity contribution is 6.04. The normalized spacial score (nSPS) is 12.7. The molecular weight excluding hydrogens is 376 g/mol. The number of para-hydroxylation sites is 1. The largest absolute Gasteiger partial charge is 0.319 e. The molecule has 0 aliphatic heterocycles. The number of aryl methyl sites for hydroxylation is 2. The topological polar surface area (TPSA) is 77.6 Å². The number of rotatable bonds is 4. The smallest absolute Gasteiger partial charge is 0.276 e. The first kappa shape index (κ1) is 18.3. The van der Waals surface area contributed by atoms with Gasteiger partial charge in [0.05, 0.1) is 23.3 Å². The Hall–Kier alpha value is -3.74. The fraction of sp³-hybridized carbons (Fsp3) is 0.217. The molecule has 5 rings (SSSR count). The van der Waals surface area contributed by atoms with Crippen LogP contribution in [0.5, 0.6) is 0 Å². The fourth-order valence-electron chi connectivity index (χ4n) is 4.04. The van der Waals surface area contributed by atoms with E-state index in [2.05, 4.69) is 20.5 Å². The summed E-state index contributed by atoms with van der Waals surface area (Å²) in [7, 11) is 0. The van der Waals surface area contributed by atoms with Crippen molar-refractivity contribution in [3.63, 3.8) is 0 Å². The Balaban J connectivity index is 1.40. The molecule has 0 unspecified atom stereocenters. The third kappa shape index (κ3) is 3.18. The number of benzene rings is 1. The molecule has 0 bridgehead atoms. The number of aromatic nitrogens is 5. The lowest BCUT2D eigenvalue weighted by Gasteiger charge is -2.07. The van der Waals surface area contributed by atoms with Gasteiger partial charge in [0.15, 0.2) is 11.5 Å². The van der Waals surface area contributed by atoms with E-state index < -0.39 is 0 Å². The molecular formula is C23H22N6O. The molecule has 7 nitrogen and oxygen atoms in total. The van der Waals surface area contributed by atoms with E-state index in [1.807, 2.05) is 67.1 Å². The minimum atomic E-state index is -0.205.